The molecule has 0 amide bonds. The van der Waals surface area contributed by atoms with Crippen molar-refractivity contribution < 1.29 is 13.3 Å². The molecule has 1 aliphatic rings. The molecule has 0 saturated heterocycles. The van der Waals surface area contributed by atoms with Crippen LogP contribution in [0, 0.1) is 25.5 Å². The number of hydrogen-bond acceptors (Lipinski definition) is 4. The van der Waals surface area contributed by atoms with E-state index in [4.69, 9.17) is 16.7 Å². The van der Waals surface area contributed by atoms with Gasteiger partial charge in [-0.1, -0.05) is 35.5 Å². The van der Waals surface area contributed by atoms with Crippen LogP contribution in [0.1, 0.15) is 35.5 Å². The van der Waals surface area contributed by atoms with E-state index in [1.165, 1.54) is 29.8 Å². The maximum atomic E-state index is 13.8. The normalized spacial score (nSPS) is 16.0. The second-order valence-electron chi connectivity index (χ2n) is 8.47. The first-order valence-corrected chi connectivity index (χ1v) is 11.5. The molecule has 0 radical (unpaired) electrons. The highest BCUT2D eigenvalue weighted by Gasteiger charge is 2.35. The molecule has 0 aliphatic carbocycles. The molecule has 1 unspecified atom stereocenters. The number of aryl methyl sites for hydroxylation is 2. The monoisotopic (exact) mass is 488 g/mol. The fraction of sp³-hybridized carbons (Fsp3) is 0.148. The summed E-state index contributed by atoms with van der Waals surface area (Å²) in [5.41, 5.74) is 5.97. The summed E-state index contributed by atoms with van der Waals surface area (Å²) in [5, 5.41) is 7.95. The number of hydrogen-bond donors (Lipinski definition) is 1. The summed E-state index contributed by atoms with van der Waals surface area (Å²) in [7, 11) is 0. The minimum Gasteiger partial charge on any atom is -0.351 e. The Kier molecular flexibility index (Phi) is 5.90. The molecule has 1 atom stereocenters. The standard InChI is InChI=1S/C27H22F2N4OS/c1-15-7-12-22(13-16(15)2)33-17(3)23(24(30-27(33)35)18-8-10-20(28)11-9-18)26-31-25(32-34-26)19-5-4-6-21(29)14-19/h4-14,24H,1-3H3,(H,30,35). The van der Waals surface area contributed by atoms with Crippen LogP contribution in [0.2, 0.25) is 0 Å². The van der Waals surface area contributed by atoms with E-state index in [0.29, 0.717) is 16.2 Å². The van der Waals surface area contributed by atoms with E-state index in [2.05, 4.69) is 28.4 Å². The summed E-state index contributed by atoms with van der Waals surface area (Å²) in [6, 6.07) is 17.8. The highest BCUT2D eigenvalue weighted by Crippen LogP contribution is 2.39. The van der Waals surface area contributed by atoms with Crippen molar-refractivity contribution in [1.82, 2.24) is 15.5 Å². The molecule has 0 bridgehead atoms. The van der Waals surface area contributed by atoms with Gasteiger partial charge in [0.25, 0.3) is 5.89 Å². The van der Waals surface area contributed by atoms with E-state index in [1.807, 2.05) is 30.9 Å². The van der Waals surface area contributed by atoms with Crippen LogP contribution in [0.15, 0.2) is 77.0 Å². The van der Waals surface area contributed by atoms with Gasteiger partial charge in [0.05, 0.1) is 11.6 Å². The predicted octanol–water partition coefficient (Wildman–Crippen LogP) is 6.50. The smallest absolute Gasteiger partial charge is 0.258 e. The molecule has 1 N–H and O–H groups in total. The molecule has 0 spiro atoms. The fourth-order valence-electron chi connectivity index (χ4n) is 4.18. The van der Waals surface area contributed by atoms with Crippen molar-refractivity contribution in [2.45, 2.75) is 26.8 Å². The van der Waals surface area contributed by atoms with E-state index >= 15 is 0 Å². The topological polar surface area (TPSA) is 54.2 Å². The molecule has 176 valence electrons. The van der Waals surface area contributed by atoms with E-state index < -0.39 is 6.04 Å². The van der Waals surface area contributed by atoms with Crippen molar-refractivity contribution in [1.29, 1.82) is 0 Å². The molecule has 1 aliphatic heterocycles. The second kappa shape index (κ2) is 9.03. The summed E-state index contributed by atoms with van der Waals surface area (Å²) in [6.07, 6.45) is 0. The zero-order chi connectivity index (χ0) is 24.7. The van der Waals surface area contributed by atoms with Crippen molar-refractivity contribution in [3.8, 4) is 11.4 Å². The Labute approximate surface area is 207 Å². The first-order chi connectivity index (χ1) is 16.8. The van der Waals surface area contributed by atoms with Gasteiger partial charge in [-0.25, -0.2) is 8.78 Å². The Morgan fingerprint density at radius 2 is 1.69 bits per heavy atom. The summed E-state index contributed by atoms with van der Waals surface area (Å²) >= 11 is 5.76. The molecular formula is C27H22F2N4OS. The quantitative estimate of drug-likeness (QED) is 0.331. The summed E-state index contributed by atoms with van der Waals surface area (Å²) in [6.45, 7) is 6.03. The van der Waals surface area contributed by atoms with Gasteiger partial charge in [0.1, 0.15) is 11.6 Å². The number of anilines is 1. The lowest BCUT2D eigenvalue weighted by molar-refractivity contribution is 0.404. The predicted molar refractivity (Wildman–Crippen MR) is 136 cm³/mol. The number of nitrogens with zero attached hydrogens (tertiary/aromatic N) is 3. The molecule has 0 saturated carbocycles. The van der Waals surface area contributed by atoms with Crippen molar-refractivity contribution in [2.75, 3.05) is 4.90 Å². The van der Waals surface area contributed by atoms with Gasteiger partial charge in [-0.2, -0.15) is 4.98 Å². The van der Waals surface area contributed by atoms with E-state index in [-0.39, 0.29) is 23.3 Å². The summed E-state index contributed by atoms with van der Waals surface area (Å²) in [5.74, 6) is -0.195. The van der Waals surface area contributed by atoms with Gasteiger partial charge in [-0.05, 0) is 86.1 Å². The molecule has 3 aromatic carbocycles. The van der Waals surface area contributed by atoms with Crippen LogP contribution in [-0.4, -0.2) is 15.3 Å². The van der Waals surface area contributed by atoms with Gasteiger partial charge >= 0.3 is 0 Å². The minimum absolute atomic E-state index is 0.264. The van der Waals surface area contributed by atoms with Gasteiger partial charge in [0.2, 0.25) is 5.82 Å². The number of halogens is 2. The molecule has 2 heterocycles. The molecule has 35 heavy (non-hydrogen) atoms. The third kappa shape index (κ3) is 4.33. The maximum absolute atomic E-state index is 13.8. The number of thiocarbonyl (C=S) groups is 1. The lowest BCUT2D eigenvalue weighted by atomic mass is 9.94. The zero-order valence-corrected chi connectivity index (χ0v) is 20.2. The van der Waals surface area contributed by atoms with Gasteiger partial charge in [0, 0.05) is 16.9 Å². The third-order valence-corrected chi connectivity index (χ3v) is 6.48. The van der Waals surface area contributed by atoms with E-state index in [0.717, 1.165) is 22.5 Å². The van der Waals surface area contributed by atoms with E-state index in [9.17, 15) is 8.78 Å². The Balaban J connectivity index is 1.66. The Hall–Kier alpha value is -3.91. The molecule has 5 nitrogen and oxygen atoms in total. The van der Waals surface area contributed by atoms with Crippen molar-refractivity contribution in [3.63, 3.8) is 0 Å². The largest absolute Gasteiger partial charge is 0.351 e. The lowest BCUT2D eigenvalue weighted by Crippen LogP contribution is -2.46. The first-order valence-electron chi connectivity index (χ1n) is 11.1. The zero-order valence-electron chi connectivity index (χ0n) is 19.3. The molecule has 8 heteroatoms. The van der Waals surface area contributed by atoms with Crippen LogP contribution in [0.5, 0.6) is 0 Å². The number of nitrogens with one attached hydrogen (secondary N) is 1. The summed E-state index contributed by atoms with van der Waals surface area (Å²) in [4.78, 5) is 6.51. The van der Waals surface area contributed by atoms with Crippen LogP contribution in [0.3, 0.4) is 0 Å². The SMILES string of the molecule is CC1=C(c2nc(-c3cccc(F)c3)no2)C(c2ccc(F)cc2)NC(=S)N1c1ccc(C)c(C)c1. The van der Waals surface area contributed by atoms with Gasteiger partial charge in [-0.15, -0.1) is 0 Å². The van der Waals surface area contributed by atoms with Crippen molar-refractivity contribution >= 4 is 28.6 Å². The number of aromatic nitrogens is 2. The fourth-order valence-corrected chi connectivity index (χ4v) is 4.54. The average Bonchev–Trinajstić information content (AvgIpc) is 3.31. The van der Waals surface area contributed by atoms with Crippen LogP contribution in [0.4, 0.5) is 14.5 Å². The summed E-state index contributed by atoms with van der Waals surface area (Å²) < 4.78 is 33.1. The third-order valence-electron chi connectivity index (χ3n) is 6.18. The van der Waals surface area contributed by atoms with Crippen LogP contribution >= 0.6 is 12.2 Å². The first kappa shape index (κ1) is 22.9. The van der Waals surface area contributed by atoms with Gasteiger partial charge in [-0.3, -0.25) is 4.90 Å². The minimum atomic E-state index is -0.452. The average molecular weight is 489 g/mol. The van der Waals surface area contributed by atoms with Crippen LogP contribution in [-0.2, 0) is 0 Å². The van der Waals surface area contributed by atoms with E-state index in [1.54, 1.807) is 24.3 Å². The Morgan fingerprint density at radius 1 is 0.914 bits per heavy atom. The second-order valence-corrected chi connectivity index (χ2v) is 8.86. The maximum Gasteiger partial charge on any atom is 0.258 e. The molecule has 4 aromatic rings. The molecule has 0 fully saturated rings. The van der Waals surface area contributed by atoms with Crippen molar-refractivity contribution in [2.24, 2.45) is 0 Å². The van der Waals surface area contributed by atoms with Gasteiger partial charge < -0.3 is 9.84 Å². The van der Waals surface area contributed by atoms with Crippen LogP contribution < -0.4 is 10.2 Å². The number of benzene rings is 3. The number of allylic oxidation sites excluding steroid dienone is 1. The molecule has 5 rings (SSSR count). The molecular weight excluding hydrogens is 466 g/mol. The Bertz CT molecular complexity index is 1460. The highest BCUT2D eigenvalue weighted by molar-refractivity contribution is 7.80. The van der Waals surface area contributed by atoms with Crippen molar-refractivity contribution in [3.05, 3.63) is 107 Å². The van der Waals surface area contributed by atoms with Crippen LogP contribution in [0.25, 0.3) is 17.0 Å². The lowest BCUT2D eigenvalue weighted by Gasteiger charge is -2.37. The number of rotatable bonds is 4. The molecule has 1 aromatic heterocycles. The highest BCUT2D eigenvalue weighted by atomic mass is 32.1. The Morgan fingerprint density at radius 3 is 2.40 bits per heavy atom. The van der Waals surface area contributed by atoms with Gasteiger partial charge in [0.15, 0.2) is 5.11 Å².